The van der Waals surface area contributed by atoms with Crippen LogP contribution in [0.1, 0.15) is 30.8 Å². The highest BCUT2D eigenvalue weighted by molar-refractivity contribution is 7.99. The molecule has 0 bridgehead atoms. The van der Waals surface area contributed by atoms with E-state index in [2.05, 4.69) is 39.7 Å². The molecular weight excluding hydrogens is 272 g/mol. The minimum absolute atomic E-state index is 0.296. The van der Waals surface area contributed by atoms with Crippen LogP contribution in [0.3, 0.4) is 0 Å². The van der Waals surface area contributed by atoms with E-state index in [1.165, 1.54) is 0 Å². The topological polar surface area (TPSA) is 45.4 Å². The van der Waals surface area contributed by atoms with Crippen molar-refractivity contribution < 1.29 is 4.52 Å². The molecule has 5 nitrogen and oxygen atoms in total. The molecule has 1 unspecified atom stereocenters. The highest BCUT2D eigenvalue weighted by Crippen LogP contribution is 2.25. The summed E-state index contributed by atoms with van der Waals surface area (Å²) in [5.41, 5.74) is 0. The van der Waals surface area contributed by atoms with E-state index in [4.69, 9.17) is 10.9 Å². The molecule has 0 aromatic carbocycles. The first-order valence-electron chi connectivity index (χ1n) is 7.05. The van der Waals surface area contributed by atoms with E-state index in [-0.39, 0.29) is 0 Å². The minimum Gasteiger partial charge on any atom is -0.338 e. The Kier molecular flexibility index (Phi) is 5.89. The van der Waals surface area contributed by atoms with Gasteiger partial charge in [-0.15, -0.1) is 6.42 Å². The lowest BCUT2D eigenvalue weighted by Crippen LogP contribution is -2.45. The van der Waals surface area contributed by atoms with Gasteiger partial charge in [-0.1, -0.05) is 18.0 Å². The highest BCUT2D eigenvalue weighted by Gasteiger charge is 2.19. The fourth-order valence-corrected chi connectivity index (χ4v) is 2.99. The Morgan fingerprint density at radius 2 is 2.05 bits per heavy atom. The van der Waals surface area contributed by atoms with Gasteiger partial charge < -0.3 is 4.52 Å². The zero-order valence-corrected chi connectivity index (χ0v) is 13.0. The van der Waals surface area contributed by atoms with Crippen molar-refractivity contribution in [1.82, 2.24) is 19.9 Å². The number of hydrogen-bond donors (Lipinski definition) is 0. The monoisotopic (exact) mass is 294 g/mol. The Labute approximate surface area is 125 Å². The number of piperazine rings is 1. The van der Waals surface area contributed by atoms with Gasteiger partial charge in [0.15, 0.2) is 5.82 Å². The summed E-state index contributed by atoms with van der Waals surface area (Å²) in [6, 6.07) is 0. The molecule has 2 heterocycles. The van der Waals surface area contributed by atoms with Gasteiger partial charge in [0, 0.05) is 26.2 Å². The largest absolute Gasteiger partial charge is 0.338 e. The van der Waals surface area contributed by atoms with Crippen LogP contribution in [0.2, 0.25) is 0 Å². The third kappa shape index (κ3) is 4.23. The van der Waals surface area contributed by atoms with Gasteiger partial charge in [-0.25, -0.2) is 0 Å². The zero-order chi connectivity index (χ0) is 14.4. The fraction of sp³-hybridized carbons (Fsp3) is 0.714. The van der Waals surface area contributed by atoms with Gasteiger partial charge in [-0.3, -0.25) is 9.80 Å². The predicted molar refractivity (Wildman–Crippen MR) is 81.4 cm³/mol. The van der Waals surface area contributed by atoms with Crippen LogP contribution in [0.4, 0.5) is 0 Å². The summed E-state index contributed by atoms with van der Waals surface area (Å²) in [5, 5.41) is 4.37. The van der Waals surface area contributed by atoms with E-state index in [0.717, 1.165) is 50.8 Å². The van der Waals surface area contributed by atoms with E-state index < -0.39 is 0 Å². The lowest BCUT2D eigenvalue weighted by Gasteiger charge is -2.32. The third-order valence-corrected chi connectivity index (χ3v) is 4.45. The average Bonchev–Trinajstić information content (AvgIpc) is 2.90. The van der Waals surface area contributed by atoms with Crippen molar-refractivity contribution in [3.8, 4) is 12.3 Å². The number of rotatable bonds is 6. The van der Waals surface area contributed by atoms with Crippen LogP contribution in [0.5, 0.6) is 0 Å². The second kappa shape index (κ2) is 7.67. The quantitative estimate of drug-likeness (QED) is 0.743. The Bertz CT molecular complexity index is 448. The van der Waals surface area contributed by atoms with Crippen molar-refractivity contribution in [2.45, 2.75) is 25.6 Å². The standard InChI is InChI=1S/C14H22N4OS/c1-4-6-17-7-9-18(10-8-17)11-13-15-14(16-19-13)12(3)20-5-2/h1,12H,5-11H2,2-3H3. The normalized spacial score (nSPS) is 18.9. The summed E-state index contributed by atoms with van der Waals surface area (Å²) >= 11 is 1.83. The summed E-state index contributed by atoms with van der Waals surface area (Å²) < 4.78 is 5.35. The first-order valence-corrected chi connectivity index (χ1v) is 8.10. The molecule has 1 fully saturated rings. The van der Waals surface area contributed by atoms with Crippen LogP contribution >= 0.6 is 11.8 Å². The highest BCUT2D eigenvalue weighted by atomic mass is 32.2. The van der Waals surface area contributed by atoms with Crippen molar-refractivity contribution in [1.29, 1.82) is 0 Å². The van der Waals surface area contributed by atoms with Crippen LogP contribution in [-0.2, 0) is 6.54 Å². The minimum atomic E-state index is 0.296. The molecule has 0 spiro atoms. The summed E-state index contributed by atoms with van der Waals surface area (Å²) in [4.78, 5) is 9.11. The molecule has 1 aliphatic heterocycles. The van der Waals surface area contributed by atoms with Gasteiger partial charge in [0.1, 0.15) is 0 Å². The van der Waals surface area contributed by atoms with Gasteiger partial charge in [0.25, 0.3) is 0 Å². The number of terminal acetylenes is 1. The molecule has 6 heteroatoms. The van der Waals surface area contributed by atoms with Gasteiger partial charge in [0.2, 0.25) is 5.89 Å². The Balaban J connectivity index is 1.81. The van der Waals surface area contributed by atoms with Gasteiger partial charge in [-0.05, 0) is 12.7 Å². The molecule has 2 rings (SSSR count). The third-order valence-electron chi connectivity index (χ3n) is 3.40. The molecular formula is C14H22N4OS. The smallest absolute Gasteiger partial charge is 0.240 e. The first kappa shape index (κ1) is 15.4. The first-order chi connectivity index (χ1) is 9.72. The van der Waals surface area contributed by atoms with E-state index in [1.54, 1.807) is 0 Å². The molecule has 20 heavy (non-hydrogen) atoms. The van der Waals surface area contributed by atoms with Crippen molar-refractivity contribution in [2.75, 3.05) is 38.5 Å². The van der Waals surface area contributed by atoms with E-state index >= 15 is 0 Å². The van der Waals surface area contributed by atoms with Crippen LogP contribution in [0.25, 0.3) is 0 Å². The van der Waals surface area contributed by atoms with Crippen molar-refractivity contribution in [3.63, 3.8) is 0 Å². The predicted octanol–water partition coefficient (Wildman–Crippen LogP) is 1.63. The van der Waals surface area contributed by atoms with Crippen molar-refractivity contribution >= 4 is 11.8 Å². The Hall–Kier alpha value is -1.03. The lowest BCUT2D eigenvalue weighted by molar-refractivity contribution is 0.126. The molecule has 1 aromatic heterocycles. The fourth-order valence-electron chi connectivity index (χ4n) is 2.25. The zero-order valence-electron chi connectivity index (χ0n) is 12.2. The van der Waals surface area contributed by atoms with Gasteiger partial charge >= 0.3 is 0 Å². The van der Waals surface area contributed by atoms with Crippen LogP contribution in [0, 0.1) is 12.3 Å². The summed E-state index contributed by atoms with van der Waals surface area (Å²) in [6.45, 7) is 9.74. The molecule has 0 aliphatic carbocycles. The Morgan fingerprint density at radius 1 is 1.35 bits per heavy atom. The van der Waals surface area contributed by atoms with E-state index in [0.29, 0.717) is 11.1 Å². The van der Waals surface area contributed by atoms with Crippen molar-refractivity contribution in [3.05, 3.63) is 11.7 Å². The maximum absolute atomic E-state index is 5.35. The van der Waals surface area contributed by atoms with Gasteiger partial charge in [0.05, 0.1) is 18.3 Å². The van der Waals surface area contributed by atoms with Crippen LogP contribution in [0.15, 0.2) is 4.52 Å². The number of hydrogen-bond acceptors (Lipinski definition) is 6. The molecule has 1 aliphatic rings. The molecule has 1 saturated heterocycles. The number of thioether (sulfide) groups is 1. The average molecular weight is 294 g/mol. The second-order valence-corrected chi connectivity index (χ2v) is 6.52. The molecule has 0 saturated carbocycles. The maximum atomic E-state index is 5.35. The Morgan fingerprint density at radius 3 is 2.70 bits per heavy atom. The summed E-state index contributed by atoms with van der Waals surface area (Å²) in [5.74, 6) is 5.27. The number of aromatic nitrogens is 2. The lowest BCUT2D eigenvalue weighted by atomic mass is 10.3. The molecule has 0 radical (unpaired) electrons. The van der Waals surface area contributed by atoms with Gasteiger partial charge in [-0.2, -0.15) is 16.7 Å². The maximum Gasteiger partial charge on any atom is 0.240 e. The molecule has 0 amide bonds. The SMILES string of the molecule is C#CCN1CCN(Cc2nc(C(C)SCC)no2)CC1. The van der Waals surface area contributed by atoms with Crippen molar-refractivity contribution in [2.24, 2.45) is 0 Å². The van der Waals surface area contributed by atoms with Crippen LogP contribution in [-0.4, -0.2) is 58.4 Å². The van der Waals surface area contributed by atoms with Crippen LogP contribution < -0.4 is 0 Å². The number of nitrogens with zero attached hydrogens (tertiary/aromatic N) is 4. The molecule has 0 N–H and O–H groups in total. The molecule has 1 atom stereocenters. The van der Waals surface area contributed by atoms with E-state index in [9.17, 15) is 0 Å². The summed E-state index contributed by atoms with van der Waals surface area (Å²) in [6.07, 6.45) is 5.33. The molecule has 1 aromatic rings. The van der Waals surface area contributed by atoms with E-state index in [1.807, 2.05) is 11.8 Å². The summed E-state index contributed by atoms with van der Waals surface area (Å²) in [7, 11) is 0. The molecule has 110 valence electrons. The second-order valence-electron chi connectivity index (χ2n) is 4.90.